The predicted molar refractivity (Wildman–Crippen MR) is 54.9 cm³/mol. The molecule has 0 saturated carbocycles. The monoisotopic (exact) mass is 206 g/mol. The molecule has 4 heteroatoms. The Bertz CT molecular complexity index is 212. The van der Waals surface area contributed by atoms with E-state index < -0.39 is 15.3 Å². The van der Waals surface area contributed by atoms with E-state index in [-0.39, 0.29) is 0 Å². The summed E-state index contributed by atoms with van der Waals surface area (Å²) in [5.74, 6) is 0. The summed E-state index contributed by atoms with van der Waals surface area (Å²) in [5, 5.41) is 6.34. The van der Waals surface area contributed by atoms with Crippen molar-refractivity contribution in [3.05, 3.63) is 0 Å². The van der Waals surface area contributed by atoms with Gasteiger partial charge in [-0.05, 0) is 13.3 Å². The second-order valence-corrected chi connectivity index (χ2v) is 5.45. The Morgan fingerprint density at radius 2 is 1.69 bits per heavy atom. The molecule has 0 aliphatic carbocycles. The zero-order chi connectivity index (χ0) is 10.3. The van der Waals surface area contributed by atoms with Crippen LogP contribution in [0.15, 0.2) is 0 Å². The number of nitrogens with one attached hydrogen (secondary N) is 1. The van der Waals surface area contributed by atoms with Crippen LogP contribution in [0.4, 0.5) is 0 Å². The molecule has 0 bridgehead atoms. The summed E-state index contributed by atoms with van der Waals surface area (Å²) in [4.78, 5) is 0. The van der Waals surface area contributed by atoms with Crippen molar-refractivity contribution in [1.82, 2.24) is 5.14 Å². The molecule has 0 aliphatic rings. The van der Waals surface area contributed by atoms with E-state index >= 15 is 0 Å². The first-order valence-corrected chi connectivity index (χ1v) is 6.51. The van der Waals surface area contributed by atoms with Crippen molar-refractivity contribution >= 4 is 10.0 Å². The Hall–Kier alpha value is -0.0900. The summed E-state index contributed by atoms with van der Waals surface area (Å²) in [5.41, 5.74) is 0. The van der Waals surface area contributed by atoms with Gasteiger partial charge in [0.1, 0.15) is 0 Å². The van der Waals surface area contributed by atoms with Crippen molar-refractivity contribution < 1.29 is 8.42 Å². The average molecular weight is 206 g/mol. The third kappa shape index (κ3) is 7.02. The van der Waals surface area contributed by atoms with Crippen LogP contribution in [0.3, 0.4) is 0 Å². The molecule has 1 unspecified atom stereocenters. The van der Waals surface area contributed by atoms with E-state index in [4.69, 9.17) is 5.14 Å². The van der Waals surface area contributed by atoms with Gasteiger partial charge in [-0.2, -0.15) is 0 Å². The molecule has 0 rings (SSSR count). The van der Waals surface area contributed by atoms with E-state index in [0.29, 0.717) is 6.42 Å². The highest BCUT2D eigenvalue weighted by molar-refractivity contribution is 7.89. The maximum Gasteiger partial charge on any atom is 0.227 e. The van der Waals surface area contributed by atoms with Crippen molar-refractivity contribution in [2.75, 3.05) is 0 Å². The van der Waals surface area contributed by atoms with Crippen LogP contribution in [0.25, 0.3) is 0 Å². The highest BCUT2D eigenvalue weighted by atomic mass is 32.2. The lowest BCUT2D eigenvalue weighted by atomic mass is 10.1. The summed E-state index contributed by atoms with van der Waals surface area (Å²) in [6, 6.07) is 0. The van der Waals surface area contributed by atoms with Crippen molar-refractivity contribution in [1.29, 1.82) is 0 Å². The zero-order valence-corrected chi connectivity index (χ0v) is 9.36. The lowest BCUT2D eigenvalue weighted by molar-refractivity contribution is 0.559. The normalized spacial score (nSPS) is 14.4. The van der Waals surface area contributed by atoms with Gasteiger partial charge in [0, 0.05) is 0 Å². The molecule has 0 saturated heterocycles. The molecule has 0 fully saturated rings. The Morgan fingerprint density at radius 3 is 2.15 bits per heavy atom. The molecule has 79 valence electrons. The Morgan fingerprint density at radius 1 is 1.15 bits per heavy atom. The minimum absolute atomic E-state index is 0.492. The summed E-state index contributed by atoms with van der Waals surface area (Å²) in [6.07, 6.45) is 6.26. The van der Waals surface area contributed by atoms with Crippen molar-refractivity contribution in [3.8, 4) is 0 Å². The number of rotatable bonds is 7. The fourth-order valence-electron chi connectivity index (χ4n) is 1.19. The summed E-state index contributed by atoms with van der Waals surface area (Å²) in [6.45, 7) is 3.76. The van der Waals surface area contributed by atoms with Gasteiger partial charge in [-0.25, -0.2) is 8.42 Å². The lowest BCUT2D eigenvalue weighted by Gasteiger charge is -2.06. The standard InChI is InChI=1S/C9H20NO2S/c1-3-4-5-6-7-8-9(2)13(10,11)12/h9-10H,3-8H2,1-2H3. The Labute approximate surface area is 81.8 Å². The Balaban J connectivity index is 3.44. The minimum atomic E-state index is -3.55. The van der Waals surface area contributed by atoms with Gasteiger partial charge in [0.25, 0.3) is 0 Å². The zero-order valence-electron chi connectivity index (χ0n) is 8.54. The molecule has 1 radical (unpaired) electrons. The van der Waals surface area contributed by atoms with E-state index in [1.165, 1.54) is 19.3 Å². The first kappa shape index (κ1) is 12.9. The molecule has 0 aromatic rings. The maximum atomic E-state index is 10.7. The van der Waals surface area contributed by atoms with Crippen LogP contribution in [-0.4, -0.2) is 13.7 Å². The molecular weight excluding hydrogens is 186 g/mol. The molecule has 0 aromatic heterocycles. The molecular formula is C9H20NO2S. The van der Waals surface area contributed by atoms with Gasteiger partial charge in [-0.15, -0.1) is 5.14 Å². The summed E-state index contributed by atoms with van der Waals surface area (Å²) in [7, 11) is -3.55. The van der Waals surface area contributed by atoms with Crippen LogP contribution < -0.4 is 5.14 Å². The van der Waals surface area contributed by atoms with Crippen LogP contribution in [0.2, 0.25) is 0 Å². The van der Waals surface area contributed by atoms with Crippen molar-refractivity contribution in [2.45, 2.75) is 57.6 Å². The van der Waals surface area contributed by atoms with Gasteiger partial charge in [-0.3, -0.25) is 0 Å². The molecule has 0 amide bonds. The second-order valence-electron chi connectivity index (χ2n) is 3.56. The molecule has 0 heterocycles. The topological polar surface area (TPSA) is 57.9 Å². The van der Waals surface area contributed by atoms with Crippen LogP contribution in [-0.2, 0) is 10.0 Å². The van der Waals surface area contributed by atoms with E-state index in [1.54, 1.807) is 6.92 Å². The number of unbranched alkanes of at least 4 members (excludes halogenated alkanes) is 4. The van der Waals surface area contributed by atoms with Gasteiger partial charge in [-0.1, -0.05) is 39.0 Å². The average Bonchev–Trinajstić information content (AvgIpc) is 2.02. The lowest BCUT2D eigenvalue weighted by Crippen LogP contribution is -2.17. The summed E-state index contributed by atoms with van der Waals surface area (Å²) >= 11 is 0. The molecule has 3 nitrogen and oxygen atoms in total. The Kier molecular flexibility index (Phi) is 6.33. The highest BCUT2D eigenvalue weighted by Gasteiger charge is 2.14. The van der Waals surface area contributed by atoms with E-state index in [9.17, 15) is 8.42 Å². The fourth-order valence-corrected chi connectivity index (χ4v) is 1.67. The molecule has 1 N–H and O–H groups in total. The smallest absolute Gasteiger partial charge is 0.211 e. The number of hydrogen-bond donors (Lipinski definition) is 0. The van der Waals surface area contributed by atoms with Crippen molar-refractivity contribution in [2.24, 2.45) is 0 Å². The van der Waals surface area contributed by atoms with Crippen LogP contribution in [0.1, 0.15) is 52.4 Å². The van der Waals surface area contributed by atoms with Crippen LogP contribution in [0, 0.1) is 0 Å². The minimum Gasteiger partial charge on any atom is -0.211 e. The first-order valence-electron chi connectivity index (χ1n) is 4.97. The van der Waals surface area contributed by atoms with Gasteiger partial charge in [0.15, 0.2) is 0 Å². The van der Waals surface area contributed by atoms with Crippen molar-refractivity contribution in [3.63, 3.8) is 0 Å². The molecule has 0 aliphatic heterocycles. The summed E-state index contributed by atoms with van der Waals surface area (Å²) < 4.78 is 21.4. The SMILES string of the molecule is CCCCCCCC(C)S([NH])(=O)=O. The quantitative estimate of drug-likeness (QED) is 0.600. The molecule has 0 spiro atoms. The largest absolute Gasteiger partial charge is 0.227 e. The van der Waals surface area contributed by atoms with E-state index in [1.807, 2.05) is 0 Å². The maximum absolute atomic E-state index is 10.7. The van der Waals surface area contributed by atoms with Gasteiger partial charge < -0.3 is 0 Å². The molecule has 1 atom stereocenters. The second kappa shape index (κ2) is 6.38. The molecule has 0 aromatic carbocycles. The predicted octanol–water partition coefficient (Wildman–Crippen LogP) is 2.35. The third-order valence-electron chi connectivity index (χ3n) is 2.24. The molecule has 13 heavy (non-hydrogen) atoms. The van der Waals surface area contributed by atoms with E-state index in [2.05, 4.69) is 6.92 Å². The van der Waals surface area contributed by atoms with Crippen LogP contribution >= 0.6 is 0 Å². The van der Waals surface area contributed by atoms with Gasteiger partial charge >= 0.3 is 0 Å². The first-order chi connectivity index (χ1) is 5.98. The van der Waals surface area contributed by atoms with E-state index in [0.717, 1.165) is 12.8 Å². The van der Waals surface area contributed by atoms with Crippen LogP contribution in [0.5, 0.6) is 0 Å². The van der Waals surface area contributed by atoms with Gasteiger partial charge in [0.2, 0.25) is 10.0 Å². The highest BCUT2D eigenvalue weighted by Crippen LogP contribution is 2.10. The van der Waals surface area contributed by atoms with Gasteiger partial charge in [0.05, 0.1) is 5.25 Å². The number of sulfonamides is 1. The third-order valence-corrected chi connectivity index (χ3v) is 3.54. The fraction of sp³-hybridized carbons (Fsp3) is 1.00. The number of hydrogen-bond acceptors (Lipinski definition) is 2.